The molecule has 110 valence electrons. The fourth-order valence-corrected chi connectivity index (χ4v) is 2.21. The zero-order valence-electron chi connectivity index (χ0n) is 12.1. The number of aromatic nitrogens is 2. The van der Waals surface area contributed by atoms with Gasteiger partial charge in [-0.3, -0.25) is 10.1 Å². The minimum Gasteiger partial charge on any atom is -0.334 e. The molecule has 0 saturated carbocycles. The van der Waals surface area contributed by atoms with Crippen molar-refractivity contribution in [3.8, 4) is 22.8 Å². The van der Waals surface area contributed by atoms with E-state index in [1.165, 1.54) is 6.07 Å². The number of rotatable bonds is 3. The van der Waals surface area contributed by atoms with Gasteiger partial charge in [0.05, 0.1) is 4.92 Å². The van der Waals surface area contributed by atoms with Gasteiger partial charge in [-0.15, -0.1) is 0 Å². The van der Waals surface area contributed by atoms with Gasteiger partial charge in [0.25, 0.3) is 11.6 Å². The van der Waals surface area contributed by atoms with Crippen molar-refractivity contribution >= 4 is 5.69 Å². The van der Waals surface area contributed by atoms with Crippen LogP contribution >= 0.6 is 0 Å². The van der Waals surface area contributed by atoms with Gasteiger partial charge in [0.1, 0.15) is 0 Å². The lowest BCUT2D eigenvalue weighted by Crippen LogP contribution is -1.93. The number of hydrogen-bond acceptors (Lipinski definition) is 5. The van der Waals surface area contributed by atoms with E-state index in [1.54, 1.807) is 19.1 Å². The SMILES string of the molecule is Cc1ccc(-c2noc(-c3cccc([N+](=O)[O-])c3C)n2)cc1. The summed E-state index contributed by atoms with van der Waals surface area (Å²) < 4.78 is 5.27. The lowest BCUT2D eigenvalue weighted by molar-refractivity contribution is -0.385. The van der Waals surface area contributed by atoms with E-state index in [2.05, 4.69) is 10.1 Å². The van der Waals surface area contributed by atoms with Crippen molar-refractivity contribution in [1.29, 1.82) is 0 Å². The molecule has 1 aromatic heterocycles. The molecular formula is C16H13N3O3. The van der Waals surface area contributed by atoms with Crippen molar-refractivity contribution < 1.29 is 9.45 Å². The lowest BCUT2D eigenvalue weighted by atomic mass is 10.1. The van der Waals surface area contributed by atoms with Crippen LogP contribution in [0.15, 0.2) is 47.0 Å². The van der Waals surface area contributed by atoms with E-state index >= 15 is 0 Å². The first-order valence-corrected chi connectivity index (χ1v) is 6.71. The summed E-state index contributed by atoms with van der Waals surface area (Å²) in [6.45, 7) is 3.67. The Morgan fingerprint density at radius 1 is 1.09 bits per heavy atom. The minimum absolute atomic E-state index is 0.0348. The van der Waals surface area contributed by atoms with Crippen molar-refractivity contribution in [1.82, 2.24) is 10.1 Å². The largest absolute Gasteiger partial charge is 0.334 e. The number of benzene rings is 2. The monoisotopic (exact) mass is 295 g/mol. The number of nitrogens with zero attached hydrogens (tertiary/aromatic N) is 3. The van der Waals surface area contributed by atoms with Gasteiger partial charge < -0.3 is 4.52 Å². The zero-order valence-corrected chi connectivity index (χ0v) is 12.1. The summed E-state index contributed by atoms with van der Waals surface area (Å²) in [5.74, 6) is 0.734. The topological polar surface area (TPSA) is 82.1 Å². The molecule has 0 amide bonds. The van der Waals surface area contributed by atoms with Gasteiger partial charge in [-0.2, -0.15) is 4.98 Å². The molecule has 0 saturated heterocycles. The summed E-state index contributed by atoms with van der Waals surface area (Å²) in [5.41, 5.74) is 3.09. The Balaban J connectivity index is 2.03. The predicted molar refractivity (Wildman–Crippen MR) is 81.3 cm³/mol. The average molecular weight is 295 g/mol. The highest BCUT2D eigenvalue weighted by atomic mass is 16.6. The van der Waals surface area contributed by atoms with Crippen LogP contribution in [0.2, 0.25) is 0 Å². The van der Waals surface area contributed by atoms with E-state index in [4.69, 9.17) is 4.52 Å². The van der Waals surface area contributed by atoms with Gasteiger partial charge in [0.15, 0.2) is 0 Å². The molecule has 0 N–H and O–H groups in total. The van der Waals surface area contributed by atoms with Crippen molar-refractivity contribution in [2.75, 3.05) is 0 Å². The number of nitro benzene ring substituents is 1. The number of nitro groups is 1. The van der Waals surface area contributed by atoms with Crippen LogP contribution in [0.3, 0.4) is 0 Å². The van der Waals surface area contributed by atoms with Gasteiger partial charge in [-0.1, -0.05) is 41.1 Å². The maximum Gasteiger partial charge on any atom is 0.273 e. The summed E-state index contributed by atoms with van der Waals surface area (Å²) >= 11 is 0. The smallest absolute Gasteiger partial charge is 0.273 e. The Morgan fingerprint density at radius 2 is 1.82 bits per heavy atom. The molecule has 1 heterocycles. The lowest BCUT2D eigenvalue weighted by Gasteiger charge is -2.01. The maximum absolute atomic E-state index is 11.0. The van der Waals surface area contributed by atoms with Gasteiger partial charge in [-0.25, -0.2) is 0 Å². The Bertz CT molecular complexity index is 838. The highest BCUT2D eigenvalue weighted by molar-refractivity contribution is 5.66. The number of aryl methyl sites for hydroxylation is 1. The first-order valence-electron chi connectivity index (χ1n) is 6.71. The normalized spacial score (nSPS) is 10.6. The first kappa shape index (κ1) is 13.9. The van der Waals surface area contributed by atoms with E-state index in [0.717, 1.165) is 11.1 Å². The van der Waals surface area contributed by atoms with Gasteiger partial charge in [0.2, 0.25) is 5.82 Å². The molecular weight excluding hydrogens is 282 g/mol. The molecule has 0 aliphatic heterocycles. The quantitative estimate of drug-likeness (QED) is 0.540. The molecule has 2 aromatic carbocycles. The average Bonchev–Trinajstić information content (AvgIpc) is 2.97. The van der Waals surface area contributed by atoms with Crippen LogP contribution in [0.1, 0.15) is 11.1 Å². The van der Waals surface area contributed by atoms with E-state index < -0.39 is 4.92 Å². The summed E-state index contributed by atoms with van der Waals surface area (Å²) in [7, 11) is 0. The molecule has 3 rings (SSSR count). The molecule has 0 aliphatic carbocycles. The Morgan fingerprint density at radius 3 is 2.50 bits per heavy atom. The third kappa shape index (κ3) is 2.46. The zero-order chi connectivity index (χ0) is 15.7. The summed E-state index contributed by atoms with van der Waals surface area (Å²) in [6, 6.07) is 12.5. The van der Waals surface area contributed by atoms with Gasteiger partial charge in [-0.05, 0) is 19.9 Å². The van der Waals surface area contributed by atoms with E-state index in [9.17, 15) is 10.1 Å². The van der Waals surface area contributed by atoms with E-state index in [1.807, 2.05) is 31.2 Å². The number of hydrogen-bond donors (Lipinski definition) is 0. The second kappa shape index (κ2) is 5.40. The second-order valence-electron chi connectivity index (χ2n) is 5.00. The third-order valence-corrected chi connectivity index (χ3v) is 3.47. The second-order valence-corrected chi connectivity index (χ2v) is 5.00. The molecule has 6 heteroatoms. The van der Waals surface area contributed by atoms with E-state index in [0.29, 0.717) is 17.0 Å². The molecule has 6 nitrogen and oxygen atoms in total. The van der Waals surface area contributed by atoms with Crippen LogP contribution in [0.4, 0.5) is 5.69 Å². The van der Waals surface area contributed by atoms with Crippen molar-refractivity contribution in [2.24, 2.45) is 0 Å². The van der Waals surface area contributed by atoms with Crippen LogP contribution in [0.5, 0.6) is 0 Å². The molecule has 0 spiro atoms. The molecule has 0 fully saturated rings. The highest BCUT2D eigenvalue weighted by Gasteiger charge is 2.18. The van der Waals surface area contributed by atoms with Crippen LogP contribution in [-0.2, 0) is 0 Å². The molecule has 3 aromatic rings. The summed E-state index contributed by atoms with van der Waals surface area (Å²) in [5, 5.41) is 15.0. The van der Waals surface area contributed by atoms with Crippen LogP contribution in [0.25, 0.3) is 22.8 Å². The highest BCUT2D eigenvalue weighted by Crippen LogP contribution is 2.30. The van der Waals surface area contributed by atoms with Crippen LogP contribution in [-0.4, -0.2) is 15.1 Å². The van der Waals surface area contributed by atoms with Gasteiger partial charge >= 0.3 is 0 Å². The van der Waals surface area contributed by atoms with Crippen LogP contribution < -0.4 is 0 Å². The van der Waals surface area contributed by atoms with Crippen molar-refractivity contribution in [2.45, 2.75) is 13.8 Å². The van der Waals surface area contributed by atoms with Crippen LogP contribution in [0, 0.1) is 24.0 Å². The summed E-state index contributed by atoms with van der Waals surface area (Å²) in [6.07, 6.45) is 0. The predicted octanol–water partition coefficient (Wildman–Crippen LogP) is 3.93. The Hall–Kier alpha value is -3.02. The first-order chi connectivity index (χ1) is 10.6. The minimum atomic E-state index is -0.421. The molecule has 0 bridgehead atoms. The molecule has 0 atom stereocenters. The van der Waals surface area contributed by atoms with Gasteiger partial charge in [0, 0.05) is 22.8 Å². The fourth-order valence-electron chi connectivity index (χ4n) is 2.21. The molecule has 0 unspecified atom stereocenters. The molecule has 22 heavy (non-hydrogen) atoms. The standard InChI is InChI=1S/C16H13N3O3/c1-10-6-8-12(9-7-10)15-17-16(22-18-15)13-4-3-5-14(11(13)2)19(20)21/h3-9H,1-2H3. The van der Waals surface area contributed by atoms with E-state index in [-0.39, 0.29) is 11.6 Å². The fraction of sp³-hybridized carbons (Fsp3) is 0.125. The van der Waals surface area contributed by atoms with Crippen molar-refractivity contribution in [3.63, 3.8) is 0 Å². The summed E-state index contributed by atoms with van der Waals surface area (Å²) in [4.78, 5) is 14.9. The maximum atomic E-state index is 11.0. The Labute approximate surface area is 126 Å². The Kier molecular flexibility index (Phi) is 3.42. The van der Waals surface area contributed by atoms with Crippen molar-refractivity contribution in [3.05, 3.63) is 63.7 Å². The molecule has 0 radical (unpaired) electrons. The third-order valence-electron chi connectivity index (χ3n) is 3.47. The molecule has 0 aliphatic rings.